The van der Waals surface area contributed by atoms with Gasteiger partial charge in [0.2, 0.25) is 0 Å². The highest BCUT2D eigenvalue weighted by molar-refractivity contribution is 6.29. The fraction of sp³-hybridized carbons (Fsp3) is 0.600. The molecule has 1 heterocycles. The summed E-state index contributed by atoms with van der Waals surface area (Å²) in [6.07, 6.45) is 0. The average Bonchev–Trinajstić information content (AvgIpc) is 2.65. The number of halogens is 1. The molecule has 1 aromatic rings. The van der Waals surface area contributed by atoms with Gasteiger partial charge in [0.15, 0.2) is 0 Å². The highest BCUT2D eigenvalue weighted by atomic mass is 35.5. The van der Waals surface area contributed by atoms with E-state index < -0.39 is 0 Å². The zero-order valence-corrected chi connectivity index (χ0v) is 12.9. The Morgan fingerprint density at radius 2 is 1.89 bits per heavy atom. The van der Waals surface area contributed by atoms with Gasteiger partial charge in [0.05, 0.1) is 0 Å². The first kappa shape index (κ1) is 14.3. The summed E-state index contributed by atoms with van der Waals surface area (Å²) in [5, 5.41) is 3.36. The molecule has 1 aliphatic carbocycles. The van der Waals surface area contributed by atoms with Crippen LogP contribution in [0, 0.1) is 23.7 Å². The summed E-state index contributed by atoms with van der Waals surface area (Å²) >= 11 is 5.87. The summed E-state index contributed by atoms with van der Waals surface area (Å²) in [7, 11) is 0. The van der Waals surface area contributed by atoms with E-state index in [1.165, 1.54) is 0 Å². The third-order valence-corrected chi connectivity index (χ3v) is 5.16. The van der Waals surface area contributed by atoms with Gasteiger partial charge in [-0.15, -0.1) is 0 Å². The number of amides is 1. The highest BCUT2D eigenvalue weighted by Gasteiger charge is 2.64. The molecule has 1 amide bonds. The largest absolute Gasteiger partial charge is 0.352 e. The van der Waals surface area contributed by atoms with Crippen molar-refractivity contribution in [1.82, 2.24) is 10.3 Å². The molecule has 2 rings (SSSR count). The van der Waals surface area contributed by atoms with E-state index in [-0.39, 0.29) is 16.7 Å². The van der Waals surface area contributed by atoms with Crippen LogP contribution >= 0.6 is 11.6 Å². The summed E-state index contributed by atoms with van der Waals surface area (Å²) in [6.45, 7) is 11.5. The monoisotopic (exact) mass is 280 g/mol. The fourth-order valence-electron chi connectivity index (χ4n) is 2.90. The summed E-state index contributed by atoms with van der Waals surface area (Å²) in [5.74, 6) is 0.438. The van der Waals surface area contributed by atoms with Crippen LogP contribution in [0.2, 0.25) is 5.15 Å². The van der Waals surface area contributed by atoms with Gasteiger partial charge in [-0.05, 0) is 35.8 Å². The van der Waals surface area contributed by atoms with Crippen molar-refractivity contribution in [1.29, 1.82) is 0 Å². The molecule has 0 unspecified atom stereocenters. The van der Waals surface area contributed by atoms with Gasteiger partial charge in [-0.25, -0.2) is 4.98 Å². The molecule has 19 heavy (non-hydrogen) atoms. The molecule has 1 aliphatic rings. The lowest BCUT2D eigenvalue weighted by Crippen LogP contribution is -2.27. The lowest BCUT2D eigenvalue weighted by atomic mass is 10.0. The van der Waals surface area contributed by atoms with E-state index >= 15 is 0 Å². The highest BCUT2D eigenvalue weighted by Crippen LogP contribution is 2.67. The standard InChI is InChI=1S/C15H21ClN2O/c1-9-6-10(7-12(16)18-9)13(19)17-8-11-14(2,3)15(11,4)5/h6-7,11H,8H2,1-5H3,(H,17,19). The predicted octanol–water partition coefficient (Wildman–Crippen LogP) is 3.46. The van der Waals surface area contributed by atoms with Crippen LogP contribution in [0.25, 0.3) is 0 Å². The van der Waals surface area contributed by atoms with Gasteiger partial charge in [-0.2, -0.15) is 0 Å². The lowest BCUT2D eigenvalue weighted by Gasteiger charge is -2.07. The third kappa shape index (κ3) is 2.48. The minimum absolute atomic E-state index is 0.0779. The van der Waals surface area contributed by atoms with Gasteiger partial charge < -0.3 is 5.32 Å². The Hall–Kier alpha value is -1.09. The first-order valence-electron chi connectivity index (χ1n) is 6.58. The van der Waals surface area contributed by atoms with E-state index in [2.05, 4.69) is 38.0 Å². The van der Waals surface area contributed by atoms with E-state index in [1.807, 2.05) is 6.92 Å². The molecule has 1 saturated carbocycles. The molecule has 104 valence electrons. The minimum atomic E-state index is -0.0779. The van der Waals surface area contributed by atoms with Gasteiger partial charge in [0.1, 0.15) is 5.15 Å². The van der Waals surface area contributed by atoms with Crippen molar-refractivity contribution in [2.75, 3.05) is 6.54 Å². The first-order chi connectivity index (χ1) is 8.66. The van der Waals surface area contributed by atoms with Gasteiger partial charge >= 0.3 is 0 Å². The number of carbonyl (C=O) groups excluding carboxylic acids is 1. The molecular weight excluding hydrogens is 260 g/mol. The second-order valence-electron chi connectivity index (χ2n) is 6.53. The summed E-state index contributed by atoms with van der Waals surface area (Å²) in [5.41, 5.74) is 1.90. The van der Waals surface area contributed by atoms with Crippen molar-refractivity contribution in [2.24, 2.45) is 16.7 Å². The zero-order chi connectivity index (χ0) is 14.4. The maximum atomic E-state index is 12.1. The van der Waals surface area contributed by atoms with Gasteiger partial charge in [0, 0.05) is 17.8 Å². The third-order valence-electron chi connectivity index (χ3n) is 4.97. The maximum Gasteiger partial charge on any atom is 0.251 e. The molecule has 1 aromatic heterocycles. The van der Waals surface area contributed by atoms with Crippen molar-refractivity contribution >= 4 is 17.5 Å². The molecule has 0 spiro atoms. The molecule has 0 aromatic carbocycles. The molecule has 0 bridgehead atoms. The van der Waals surface area contributed by atoms with E-state index in [4.69, 9.17) is 11.6 Å². The Kier molecular flexibility index (Phi) is 3.38. The van der Waals surface area contributed by atoms with Gasteiger partial charge in [-0.3, -0.25) is 4.79 Å². The Balaban J connectivity index is 2.00. The van der Waals surface area contributed by atoms with Crippen LogP contribution in [0.4, 0.5) is 0 Å². The molecule has 0 saturated heterocycles. The molecule has 4 heteroatoms. The molecule has 0 aliphatic heterocycles. The minimum Gasteiger partial charge on any atom is -0.352 e. The molecule has 0 radical (unpaired) electrons. The topological polar surface area (TPSA) is 42.0 Å². The number of rotatable bonds is 3. The van der Waals surface area contributed by atoms with Crippen LogP contribution in [-0.2, 0) is 0 Å². The number of nitrogens with zero attached hydrogens (tertiary/aromatic N) is 1. The number of hydrogen-bond acceptors (Lipinski definition) is 2. The Bertz CT molecular complexity index is 489. The van der Waals surface area contributed by atoms with Crippen LogP contribution in [-0.4, -0.2) is 17.4 Å². The molecule has 1 N–H and O–H groups in total. The van der Waals surface area contributed by atoms with Crippen LogP contribution in [0.5, 0.6) is 0 Å². The molecular formula is C15H21ClN2O. The second-order valence-corrected chi connectivity index (χ2v) is 6.91. The molecule has 3 nitrogen and oxygen atoms in total. The van der Waals surface area contributed by atoms with Crippen molar-refractivity contribution in [3.8, 4) is 0 Å². The SMILES string of the molecule is Cc1cc(C(=O)NCC2C(C)(C)C2(C)C)cc(Cl)n1. The number of carbonyl (C=O) groups is 1. The Morgan fingerprint density at radius 3 is 2.37 bits per heavy atom. The number of aryl methyl sites for hydroxylation is 1. The summed E-state index contributed by atoms with van der Waals surface area (Å²) < 4.78 is 0. The predicted molar refractivity (Wildman–Crippen MR) is 77.4 cm³/mol. The van der Waals surface area contributed by atoms with Crippen LogP contribution in [0.3, 0.4) is 0 Å². The molecule has 0 atom stereocenters. The van der Waals surface area contributed by atoms with Crippen molar-refractivity contribution in [3.63, 3.8) is 0 Å². The normalized spacial score (nSPS) is 20.1. The van der Waals surface area contributed by atoms with Gasteiger partial charge in [-0.1, -0.05) is 39.3 Å². The molecule has 1 fully saturated rings. The van der Waals surface area contributed by atoms with Crippen LogP contribution < -0.4 is 5.32 Å². The maximum absolute atomic E-state index is 12.1. The number of aromatic nitrogens is 1. The smallest absolute Gasteiger partial charge is 0.251 e. The van der Waals surface area contributed by atoms with E-state index in [0.29, 0.717) is 23.2 Å². The average molecular weight is 281 g/mol. The summed E-state index contributed by atoms with van der Waals surface area (Å²) in [4.78, 5) is 16.2. The van der Waals surface area contributed by atoms with Gasteiger partial charge in [0.25, 0.3) is 5.91 Å². The van der Waals surface area contributed by atoms with E-state index in [9.17, 15) is 4.79 Å². The van der Waals surface area contributed by atoms with E-state index in [1.54, 1.807) is 12.1 Å². The van der Waals surface area contributed by atoms with Crippen LogP contribution in [0.15, 0.2) is 12.1 Å². The number of pyridine rings is 1. The first-order valence-corrected chi connectivity index (χ1v) is 6.96. The number of nitrogens with one attached hydrogen (secondary N) is 1. The Labute approximate surface area is 119 Å². The van der Waals surface area contributed by atoms with Crippen LogP contribution in [0.1, 0.15) is 43.7 Å². The number of hydrogen-bond donors (Lipinski definition) is 1. The second kappa shape index (κ2) is 4.48. The Morgan fingerprint density at radius 1 is 1.32 bits per heavy atom. The van der Waals surface area contributed by atoms with Crippen molar-refractivity contribution < 1.29 is 4.79 Å². The lowest BCUT2D eigenvalue weighted by molar-refractivity contribution is 0.0949. The fourth-order valence-corrected chi connectivity index (χ4v) is 3.15. The quantitative estimate of drug-likeness (QED) is 0.862. The van der Waals surface area contributed by atoms with E-state index in [0.717, 1.165) is 5.69 Å². The van der Waals surface area contributed by atoms with Crippen molar-refractivity contribution in [2.45, 2.75) is 34.6 Å². The summed E-state index contributed by atoms with van der Waals surface area (Å²) in [6, 6.07) is 3.36. The van der Waals surface area contributed by atoms with Crippen molar-refractivity contribution in [3.05, 3.63) is 28.5 Å². The zero-order valence-electron chi connectivity index (χ0n) is 12.2.